The van der Waals surface area contributed by atoms with Gasteiger partial charge in [0.1, 0.15) is 6.04 Å². The van der Waals surface area contributed by atoms with Gasteiger partial charge < -0.3 is 10.6 Å². The van der Waals surface area contributed by atoms with Crippen LogP contribution in [0.2, 0.25) is 0 Å². The van der Waals surface area contributed by atoms with E-state index in [1.54, 1.807) is 12.1 Å². The third-order valence-corrected chi connectivity index (χ3v) is 5.92. The summed E-state index contributed by atoms with van der Waals surface area (Å²) in [7, 11) is -3.67. The predicted molar refractivity (Wildman–Crippen MR) is 103 cm³/mol. The molecule has 0 aromatic heterocycles. The van der Waals surface area contributed by atoms with E-state index in [1.807, 2.05) is 0 Å². The first-order chi connectivity index (χ1) is 12.9. The minimum Gasteiger partial charge on any atom is -0.351 e. The maximum absolute atomic E-state index is 12.1. The lowest BCUT2D eigenvalue weighted by Gasteiger charge is -2.23. The minimum atomic E-state index is -3.67. The molecule has 6 nitrogen and oxygen atoms in total. The van der Waals surface area contributed by atoms with Crippen molar-refractivity contribution < 1.29 is 18.5 Å². The van der Waals surface area contributed by atoms with E-state index in [1.165, 1.54) is 23.3 Å². The summed E-state index contributed by atoms with van der Waals surface area (Å²) in [5.41, 5.74) is 3.70. The number of carbonyl (C=O) groups excluding carboxylic acids is 1. The lowest BCUT2D eigenvalue weighted by atomic mass is 9.88. The van der Waals surface area contributed by atoms with Crippen LogP contribution >= 0.6 is 0 Å². The molecule has 1 aliphatic rings. The molecule has 0 saturated carbocycles. The summed E-state index contributed by atoms with van der Waals surface area (Å²) in [5, 5.41) is 10.1. The van der Waals surface area contributed by atoms with Crippen LogP contribution in [0.5, 0.6) is 0 Å². The fraction of sp³-hybridized carbons (Fsp3) is 0.350. The van der Waals surface area contributed by atoms with Gasteiger partial charge in [0.05, 0.1) is 4.90 Å². The molecule has 0 radical (unpaired) electrons. The number of benzene rings is 2. The Morgan fingerprint density at radius 1 is 1.15 bits per heavy atom. The molecule has 1 aliphatic carbocycles. The number of sulfonamides is 1. The van der Waals surface area contributed by atoms with Crippen molar-refractivity contribution in [1.29, 1.82) is 0 Å². The Balaban J connectivity index is 1.43. The van der Waals surface area contributed by atoms with Gasteiger partial charge in [-0.05, 0) is 42.5 Å². The maximum atomic E-state index is 12.1. The first-order valence-corrected chi connectivity index (χ1v) is 10.8. The molecule has 3 rings (SSSR count). The molecule has 5 N–H and O–H groups in total. The van der Waals surface area contributed by atoms with Crippen LogP contribution in [0.15, 0.2) is 53.4 Å². The second kappa shape index (κ2) is 8.65. The van der Waals surface area contributed by atoms with Gasteiger partial charge in [0.25, 0.3) is 5.91 Å². The molecule has 1 amide bonds. The Morgan fingerprint density at radius 2 is 1.89 bits per heavy atom. The van der Waals surface area contributed by atoms with E-state index in [0.29, 0.717) is 25.6 Å². The fourth-order valence-corrected chi connectivity index (χ4v) is 4.07. The Hall–Kier alpha value is -2.22. The second-order valence-electron chi connectivity index (χ2n) is 6.93. The van der Waals surface area contributed by atoms with Crippen LogP contribution in [0, 0.1) is 0 Å². The SMILES string of the molecule is NS(=O)(=O)c1ccc(CCNC(=O)C[NH2+][C@@H]2CCCc3ccccc32)cc1. The molecular weight excluding hydrogens is 362 g/mol. The van der Waals surface area contributed by atoms with E-state index in [9.17, 15) is 13.2 Å². The standard InChI is InChI=1S/C20H25N3O3S/c21-27(25,26)17-10-8-15(9-11-17)12-13-22-20(24)14-23-19-7-3-5-16-4-1-2-6-18(16)19/h1-2,4,6,8-11,19,23H,3,5,7,12-14H2,(H,22,24)(H2,21,25,26)/p+1/t19-/m1/s1. The molecule has 0 heterocycles. The van der Waals surface area contributed by atoms with E-state index in [2.05, 4.69) is 34.9 Å². The molecule has 2 aromatic carbocycles. The number of nitrogens with one attached hydrogen (secondary N) is 1. The van der Waals surface area contributed by atoms with E-state index in [4.69, 9.17) is 5.14 Å². The van der Waals surface area contributed by atoms with Crippen molar-refractivity contribution in [2.24, 2.45) is 5.14 Å². The van der Waals surface area contributed by atoms with Crippen LogP contribution in [0.4, 0.5) is 0 Å². The van der Waals surface area contributed by atoms with Gasteiger partial charge in [0.15, 0.2) is 6.54 Å². The lowest BCUT2D eigenvalue weighted by Crippen LogP contribution is -2.87. The van der Waals surface area contributed by atoms with E-state index >= 15 is 0 Å². The minimum absolute atomic E-state index is 0.0132. The normalized spacial score (nSPS) is 16.6. The molecule has 0 spiro atoms. The number of carbonyl (C=O) groups is 1. The summed E-state index contributed by atoms with van der Waals surface area (Å²) < 4.78 is 22.5. The predicted octanol–water partition coefficient (Wildman–Crippen LogP) is 0.634. The Bertz CT molecular complexity index is 895. The summed E-state index contributed by atoms with van der Waals surface area (Å²) in [6.07, 6.45) is 4.02. The van der Waals surface area contributed by atoms with Crippen LogP contribution in [-0.2, 0) is 27.7 Å². The molecule has 1 atom stereocenters. The van der Waals surface area contributed by atoms with Crippen molar-refractivity contribution in [3.63, 3.8) is 0 Å². The van der Waals surface area contributed by atoms with E-state index in [0.717, 1.165) is 24.8 Å². The van der Waals surface area contributed by atoms with Crippen molar-refractivity contribution in [1.82, 2.24) is 5.32 Å². The van der Waals surface area contributed by atoms with Gasteiger partial charge in [-0.25, -0.2) is 13.6 Å². The highest BCUT2D eigenvalue weighted by atomic mass is 32.2. The number of nitrogens with two attached hydrogens (primary N) is 2. The van der Waals surface area contributed by atoms with Crippen LogP contribution in [0.3, 0.4) is 0 Å². The molecule has 2 aromatic rings. The van der Waals surface area contributed by atoms with Crippen molar-refractivity contribution >= 4 is 15.9 Å². The zero-order chi connectivity index (χ0) is 19.3. The van der Waals surface area contributed by atoms with Crippen molar-refractivity contribution in [2.75, 3.05) is 13.1 Å². The maximum Gasteiger partial charge on any atom is 0.275 e. The number of fused-ring (bicyclic) bond motifs is 1. The van der Waals surface area contributed by atoms with Gasteiger partial charge in [-0.3, -0.25) is 4.79 Å². The summed E-state index contributed by atoms with van der Waals surface area (Å²) in [6, 6.07) is 15.2. The van der Waals surface area contributed by atoms with Gasteiger partial charge in [-0.2, -0.15) is 0 Å². The number of primary sulfonamides is 1. The fourth-order valence-electron chi connectivity index (χ4n) is 3.55. The summed E-state index contributed by atoms with van der Waals surface area (Å²) >= 11 is 0. The Labute approximate surface area is 160 Å². The number of hydrogen-bond donors (Lipinski definition) is 3. The van der Waals surface area contributed by atoms with Gasteiger partial charge in [-0.15, -0.1) is 0 Å². The Kier molecular flexibility index (Phi) is 6.26. The molecule has 0 saturated heterocycles. The van der Waals surface area contributed by atoms with Gasteiger partial charge >= 0.3 is 0 Å². The third kappa shape index (κ3) is 5.38. The number of quaternary nitrogens is 1. The second-order valence-corrected chi connectivity index (χ2v) is 8.49. The first kappa shape index (κ1) is 19.5. The van der Waals surface area contributed by atoms with Crippen LogP contribution < -0.4 is 15.8 Å². The average Bonchev–Trinajstić information content (AvgIpc) is 2.66. The van der Waals surface area contributed by atoms with Gasteiger partial charge in [-0.1, -0.05) is 36.4 Å². The average molecular weight is 389 g/mol. The quantitative estimate of drug-likeness (QED) is 0.648. The number of hydrogen-bond acceptors (Lipinski definition) is 3. The summed E-state index contributed by atoms with van der Waals surface area (Å²) in [4.78, 5) is 12.2. The monoisotopic (exact) mass is 388 g/mol. The lowest BCUT2D eigenvalue weighted by molar-refractivity contribution is -0.687. The van der Waals surface area contributed by atoms with Gasteiger partial charge in [0.2, 0.25) is 10.0 Å². The topological polar surface area (TPSA) is 106 Å². The van der Waals surface area contributed by atoms with Crippen molar-refractivity contribution in [3.8, 4) is 0 Å². The molecule has 0 unspecified atom stereocenters. The molecule has 0 bridgehead atoms. The first-order valence-electron chi connectivity index (χ1n) is 9.23. The van der Waals surface area contributed by atoms with Crippen LogP contribution in [-0.4, -0.2) is 27.4 Å². The molecule has 144 valence electrons. The molecule has 0 fully saturated rings. The molecule has 0 aliphatic heterocycles. The highest BCUT2D eigenvalue weighted by Gasteiger charge is 2.22. The third-order valence-electron chi connectivity index (χ3n) is 4.99. The highest BCUT2D eigenvalue weighted by molar-refractivity contribution is 7.89. The van der Waals surface area contributed by atoms with Crippen LogP contribution in [0.1, 0.15) is 35.6 Å². The van der Waals surface area contributed by atoms with Gasteiger partial charge in [0, 0.05) is 18.5 Å². The zero-order valence-electron chi connectivity index (χ0n) is 15.2. The number of amides is 1. The summed E-state index contributed by atoms with van der Waals surface area (Å²) in [6.45, 7) is 0.923. The molecule has 27 heavy (non-hydrogen) atoms. The zero-order valence-corrected chi connectivity index (χ0v) is 16.0. The molecule has 7 heteroatoms. The van der Waals surface area contributed by atoms with Crippen molar-refractivity contribution in [3.05, 3.63) is 65.2 Å². The number of rotatable bonds is 7. The van der Waals surface area contributed by atoms with Crippen LogP contribution in [0.25, 0.3) is 0 Å². The Morgan fingerprint density at radius 3 is 2.63 bits per heavy atom. The highest BCUT2D eigenvalue weighted by Crippen LogP contribution is 2.26. The smallest absolute Gasteiger partial charge is 0.275 e. The number of aryl methyl sites for hydroxylation is 1. The van der Waals surface area contributed by atoms with E-state index in [-0.39, 0.29) is 10.8 Å². The molecular formula is C20H26N3O3S+. The summed E-state index contributed by atoms with van der Waals surface area (Å²) in [5.74, 6) is 0.0132. The van der Waals surface area contributed by atoms with E-state index < -0.39 is 10.0 Å². The largest absolute Gasteiger partial charge is 0.351 e. The van der Waals surface area contributed by atoms with Crippen molar-refractivity contribution in [2.45, 2.75) is 36.6 Å².